The van der Waals surface area contributed by atoms with Gasteiger partial charge in [0.2, 0.25) is 5.91 Å². The van der Waals surface area contributed by atoms with Gasteiger partial charge in [-0.2, -0.15) is 0 Å². The van der Waals surface area contributed by atoms with Gasteiger partial charge in [0.15, 0.2) is 0 Å². The first-order valence-corrected chi connectivity index (χ1v) is 4.12. The van der Waals surface area contributed by atoms with E-state index in [2.05, 4.69) is 15.7 Å². The van der Waals surface area contributed by atoms with Crippen LogP contribution < -0.4 is 22.3 Å². The number of hydrazine groups is 1. The Morgan fingerprint density at radius 3 is 2.60 bits per heavy atom. The van der Waals surface area contributed by atoms with Crippen molar-refractivity contribution in [2.24, 2.45) is 11.6 Å². The van der Waals surface area contributed by atoms with Crippen LogP contribution in [-0.2, 0) is 4.79 Å². The third-order valence-electron chi connectivity index (χ3n) is 1.59. The molecule has 6 N–H and O–H groups in total. The lowest BCUT2D eigenvalue weighted by atomic mass is 10.3. The molecule has 0 unspecified atom stereocenters. The number of aromatic nitrogens is 1. The number of carbonyl (C=O) groups excluding carboxylic acids is 2. The number of nitrogens with one attached hydrogen (secondary N) is 2. The highest BCUT2D eigenvalue weighted by atomic mass is 16.2. The number of rotatable bonds is 4. The summed E-state index contributed by atoms with van der Waals surface area (Å²) < 4.78 is 0. The van der Waals surface area contributed by atoms with Crippen molar-refractivity contribution in [1.82, 2.24) is 10.3 Å². The molecule has 0 saturated carbocycles. The van der Waals surface area contributed by atoms with Crippen LogP contribution in [0.3, 0.4) is 0 Å². The molecule has 1 heterocycles. The van der Waals surface area contributed by atoms with Crippen molar-refractivity contribution in [2.75, 3.05) is 12.0 Å². The van der Waals surface area contributed by atoms with Gasteiger partial charge in [-0.3, -0.25) is 15.4 Å². The fourth-order valence-electron chi connectivity index (χ4n) is 0.872. The van der Waals surface area contributed by atoms with E-state index in [1.54, 1.807) is 6.07 Å². The molecule has 15 heavy (non-hydrogen) atoms. The molecule has 7 nitrogen and oxygen atoms in total. The summed E-state index contributed by atoms with van der Waals surface area (Å²) in [6, 6.07) is 3.07. The predicted octanol–water partition coefficient (Wildman–Crippen LogP) is -1.42. The van der Waals surface area contributed by atoms with E-state index in [1.165, 1.54) is 12.3 Å². The Balaban J connectivity index is 2.62. The SMILES string of the molecule is NNc1ccc(C(=O)NCC(N)=O)nc1. The van der Waals surface area contributed by atoms with Crippen LogP contribution in [0, 0.1) is 0 Å². The highest BCUT2D eigenvalue weighted by Gasteiger charge is 2.07. The number of hydrogen-bond donors (Lipinski definition) is 4. The molecule has 7 heteroatoms. The first kappa shape index (κ1) is 10.9. The average molecular weight is 209 g/mol. The maximum absolute atomic E-state index is 11.3. The standard InChI is InChI=1S/C8H11N5O2/c9-7(14)4-12-8(15)6-2-1-5(13-10)3-11-6/h1-3,13H,4,10H2,(H2,9,14)(H,12,15). The van der Waals surface area contributed by atoms with Gasteiger partial charge >= 0.3 is 0 Å². The zero-order chi connectivity index (χ0) is 11.3. The number of pyridine rings is 1. The topological polar surface area (TPSA) is 123 Å². The quantitative estimate of drug-likeness (QED) is 0.358. The molecular formula is C8H11N5O2. The Kier molecular flexibility index (Phi) is 3.58. The van der Waals surface area contributed by atoms with Gasteiger partial charge in [-0.25, -0.2) is 4.98 Å². The molecule has 1 aromatic rings. The van der Waals surface area contributed by atoms with Crippen LogP contribution in [0.1, 0.15) is 10.5 Å². The minimum atomic E-state index is -0.608. The Hall–Kier alpha value is -2.15. The van der Waals surface area contributed by atoms with Crippen molar-refractivity contribution in [3.05, 3.63) is 24.0 Å². The van der Waals surface area contributed by atoms with Crippen molar-refractivity contribution in [3.8, 4) is 0 Å². The lowest BCUT2D eigenvalue weighted by molar-refractivity contribution is -0.117. The normalized spacial score (nSPS) is 9.40. The van der Waals surface area contributed by atoms with Gasteiger partial charge in [0.05, 0.1) is 18.4 Å². The number of hydrogen-bond acceptors (Lipinski definition) is 5. The fourth-order valence-corrected chi connectivity index (χ4v) is 0.872. The number of carbonyl (C=O) groups is 2. The second-order valence-electron chi connectivity index (χ2n) is 2.73. The Labute approximate surface area is 85.8 Å². The van der Waals surface area contributed by atoms with Gasteiger partial charge in [0, 0.05) is 0 Å². The largest absolute Gasteiger partial charge is 0.368 e. The molecule has 0 atom stereocenters. The van der Waals surface area contributed by atoms with Crippen molar-refractivity contribution < 1.29 is 9.59 Å². The molecule has 0 bridgehead atoms. The van der Waals surface area contributed by atoms with E-state index in [9.17, 15) is 9.59 Å². The van der Waals surface area contributed by atoms with Crippen LogP contribution in [-0.4, -0.2) is 23.3 Å². The lowest BCUT2D eigenvalue weighted by Crippen LogP contribution is -2.33. The van der Waals surface area contributed by atoms with E-state index < -0.39 is 11.8 Å². The zero-order valence-corrected chi connectivity index (χ0v) is 7.86. The summed E-state index contributed by atoms with van der Waals surface area (Å²) in [7, 11) is 0. The first-order valence-electron chi connectivity index (χ1n) is 4.12. The van der Waals surface area contributed by atoms with Gasteiger partial charge in [-0.1, -0.05) is 0 Å². The van der Waals surface area contributed by atoms with E-state index in [4.69, 9.17) is 11.6 Å². The number of nitrogens with two attached hydrogens (primary N) is 2. The van der Waals surface area contributed by atoms with Gasteiger partial charge in [0.1, 0.15) is 5.69 Å². The molecule has 0 aromatic carbocycles. The number of anilines is 1. The molecule has 0 saturated heterocycles. The maximum atomic E-state index is 11.3. The van der Waals surface area contributed by atoms with Crippen LogP contribution in [0.5, 0.6) is 0 Å². The van der Waals surface area contributed by atoms with Gasteiger partial charge in [-0.15, -0.1) is 0 Å². The molecule has 1 aromatic heterocycles. The monoisotopic (exact) mass is 209 g/mol. The number of amides is 2. The van der Waals surface area contributed by atoms with E-state index >= 15 is 0 Å². The van der Waals surface area contributed by atoms with E-state index in [1.807, 2.05) is 0 Å². The molecule has 80 valence electrons. The number of nitrogens with zero attached hydrogens (tertiary/aromatic N) is 1. The van der Waals surface area contributed by atoms with Gasteiger partial charge < -0.3 is 16.5 Å². The molecule has 0 fully saturated rings. The molecule has 0 aliphatic heterocycles. The first-order chi connectivity index (χ1) is 7.13. The summed E-state index contributed by atoms with van der Waals surface area (Å²) in [6.07, 6.45) is 1.40. The molecule has 0 spiro atoms. The van der Waals surface area contributed by atoms with Crippen LogP contribution in [0.4, 0.5) is 5.69 Å². The predicted molar refractivity (Wildman–Crippen MR) is 53.6 cm³/mol. The molecular weight excluding hydrogens is 198 g/mol. The minimum Gasteiger partial charge on any atom is -0.368 e. The van der Waals surface area contributed by atoms with E-state index in [-0.39, 0.29) is 12.2 Å². The molecule has 0 aliphatic carbocycles. The van der Waals surface area contributed by atoms with Crippen LogP contribution in [0.15, 0.2) is 18.3 Å². The third-order valence-corrected chi connectivity index (χ3v) is 1.59. The minimum absolute atomic E-state index is 0.190. The zero-order valence-electron chi connectivity index (χ0n) is 7.86. The highest BCUT2D eigenvalue weighted by molar-refractivity contribution is 5.94. The molecule has 2 amide bonds. The molecule has 0 radical (unpaired) electrons. The second-order valence-corrected chi connectivity index (χ2v) is 2.73. The van der Waals surface area contributed by atoms with Crippen molar-refractivity contribution in [2.45, 2.75) is 0 Å². The Morgan fingerprint density at radius 2 is 2.13 bits per heavy atom. The lowest BCUT2D eigenvalue weighted by Gasteiger charge is -2.03. The molecule has 1 rings (SSSR count). The highest BCUT2D eigenvalue weighted by Crippen LogP contribution is 2.03. The summed E-state index contributed by atoms with van der Waals surface area (Å²) in [5, 5.41) is 2.31. The summed E-state index contributed by atoms with van der Waals surface area (Å²) in [6.45, 7) is -0.211. The number of nitrogen functional groups attached to an aromatic ring is 1. The summed E-state index contributed by atoms with van der Waals surface area (Å²) in [4.78, 5) is 25.5. The van der Waals surface area contributed by atoms with Crippen molar-refractivity contribution in [3.63, 3.8) is 0 Å². The summed E-state index contributed by atoms with van der Waals surface area (Å²) in [5.74, 6) is 4.05. The third kappa shape index (κ3) is 3.24. The number of primary amides is 1. The van der Waals surface area contributed by atoms with E-state index in [0.717, 1.165) is 0 Å². The Bertz CT molecular complexity index is 362. The molecule has 0 aliphatic rings. The Morgan fingerprint density at radius 1 is 1.40 bits per heavy atom. The van der Waals surface area contributed by atoms with Gasteiger partial charge in [-0.05, 0) is 12.1 Å². The maximum Gasteiger partial charge on any atom is 0.270 e. The summed E-state index contributed by atoms with van der Waals surface area (Å²) >= 11 is 0. The van der Waals surface area contributed by atoms with Crippen molar-refractivity contribution >= 4 is 17.5 Å². The fraction of sp³-hybridized carbons (Fsp3) is 0.125. The van der Waals surface area contributed by atoms with Crippen molar-refractivity contribution in [1.29, 1.82) is 0 Å². The van der Waals surface area contributed by atoms with Crippen LogP contribution in [0.2, 0.25) is 0 Å². The van der Waals surface area contributed by atoms with Gasteiger partial charge in [0.25, 0.3) is 5.91 Å². The smallest absolute Gasteiger partial charge is 0.270 e. The average Bonchev–Trinajstić information content (AvgIpc) is 2.26. The van der Waals surface area contributed by atoms with E-state index in [0.29, 0.717) is 5.69 Å². The summed E-state index contributed by atoms with van der Waals surface area (Å²) in [5.41, 5.74) is 8.01. The second kappa shape index (κ2) is 4.91. The van der Waals surface area contributed by atoms with Crippen LogP contribution >= 0.6 is 0 Å². The van der Waals surface area contributed by atoms with Crippen LogP contribution in [0.25, 0.3) is 0 Å².